The van der Waals surface area contributed by atoms with E-state index in [4.69, 9.17) is 4.74 Å². The molecule has 0 bridgehead atoms. The van der Waals surface area contributed by atoms with E-state index in [0.29, 0.717) is 19.1 Å². The van der Waals surface area contributed by atoms with Crippen LogP contribution in [-0.4, -0.2) is 19.1 Å². The molecule has 1 aromatic carbocycles. The number of nitrogens with one attached hydrogen (secondary N) is 1. The smallest absolute Gasteiger partial charge is 0.319 e. The maximum absolute atomic E-state index is 11.1. The Bertz CT molecular complexity index is 357. The number of ether oxygens (including phenoxy) is 1. The van der Waals surface area contributed by atoms with E-state index in [1.165, 1.54) is 11.1 Å². The number of carbonyl (C=O) groups excluding carboxylic acids is 1. The first-order chi connectivity index (χ1) is 8.61. The molecule has 0 unspecified atom stereocenters. The molecular formula is C15H23NO2. The van der Waals surface area contributed by atoms with E-state index in [0.717, 1.165) is 6.42 Å². The van der Waals surface area contributed by atoms with Crippen molar-refractivity contribution < 1.29 is 9.53 Å². The fourth-order valence-corrected chi connectivity index (χ4v) is 1.79. The average Bonchev–Trinajstić information content (AvgIpc) is 2.31. The number of carbonyl (C=O) groups is 1. The van der Waals surface area contributed by atoms with Gasteiger partial charge < -0.3 is 10.1 Å². The minimum atomic E-state index is -0.200. The quantitative estimate of drug-likeness (QED) is 0.755. The van der Waals surface area contributed by atoms with Gasteiger partial charge in [-0.2, -0.15) is 0 Å². The van der Waals surface area contributed by atoms with Crippen molar-refractivity contribution in [3.8, 4) is 0 Å². The SMILES string of the molecule is CCOC(=O)CNCc1ccc(CC(C)C)cc1. The first-order valence-corrected chi connectivity index (χ1v) is 6.56. The maximum Gasteiger partial charge on any atom is 0.319 e. The lowest BCUT2D eigenvalue weighted by Crippen LogP contribution is -2.24. The summed E-state index contributed by atoms with van der Waals surface area (Å²) < 4.78 is 4.84. The predicted octanol–water partition coefficient (Wildman–Crippen LogP) is 2.54. The molecule has 1 rings (SSSR count). The zero-order valence-electron chi connectivity index (χ0n) is 11.5. The summed E-state index contributed by atoms with van der Waals surface area (Å²) >= 11 is 0. The lowest BCUT2D eigenvalue weighted by molar-refractivity contribution is -0.142. The Morgan fingerprint density at radius 2 is 1.83 bits per heavy atom. The third kappa shape index (κ3) is 5.82. The maximum atomic E-state index is 11.1. The summed E-state index contributed by atoms with van der Waals surface area (Å²) in [5.41, 5.74) is 2.55. The summed E-state index contributed by atoms with van der Waals surface area (Å²) in [6.07, 6.45) is 1.11. The van der Waals surface area contributed by atoms with Crippen molar-refractivity contribution in [3.05, 3.63) is 35.4 Å². The Labute approximate surface area is 110 Å². The average molecular weight is 249 g/mol. The molecule has 100 valence electrons. The van der Waals surface area contributed by atoms with Gasteiger partial charge >= 0.3 is 5.97 Å². The molecule has 1 N–H and O–H groups in total. The fraction of sp³-hybridized carbons (Fsp3) is 0.533. The molecule has 0 amide bonds. The van der Waals surface area contributed by atoms with Crippen LogP contribution in [0.5, 0.6) is 0 Å². The summed E-state index contributed by atoms with van der Waals surface area (Å²) in [5, 5.41) is 3.07. The third-order valence-electron chi connectivity index (χ3n) is 2.57. The largest absolute Gasteiger partial charge is 0.465 e. The molecule has 0 spiro atoms. The first-order valence-electron chi connectivity index (χ1n) is 6.56. The van der Waals surface area contributed by atoms with Gasteiger partial charge in [-0.05, 0) is 30.4 Å². The Morgan fingerprint density at radius 3 is 2.39 bits per heavy atom. The molecule has 0 fully saturated rings. The summed E-state index contributed by atoms with van der Waals surface area (Å²) in [4.78, 5) is 11.1. The van der Waals surface area contributed by atoms with Crippen LogP contribution in [-0.2, 0) is 22.5 Å². The van der Waals surface area contributed by atoms with Gasteiger partial charge in [0.05, 0.1) is 13.2 Å². The highest BCUT2D eigenvalue weighted by molar-refractivity contribution is 5.71. The van der Waals surface area contributed by atoms with E-state index < -0.39 is 0 Å². The number of rotatable bonds is 7. The lowest BCUT2D eigenvalue weighted by atomic mass is 10.0. The molecule has 0 atom stereocenters. The Hall–Kier alpha value is -1.35. The zero-order chi connectivity index (χ0) is 13.4. The number of esters is 1. The van der Waals surface area contributed by atoms with Crippen LogP contribution in [0, 0.1) is 5.92 Å². The van der Waals surface area contributed by atoms with Crippen LogP contribution in [0.25, 0.3) is 0 Å². The number of hydrogen-bond acceptors (Lipinski definition) is 3. The third-order valence-corrected chi connectivity index (χ3v) is 2.57. The molecule has 0 aromatic heterocycles. The van der Waals surface area contributed by atoms with E-state index in [1.54, 1.807) is 0 Å². The summed E-state index contributed by atoms with van der Waals surface area (Å²) in [6, 6.07) is 8.52. The lowest BCUT2D eigenvalue weighted by Gasteiger charge is -2.07. The van der Waals surface area contributed by atoms with Crippen LogP contribution in [0.15, 0.2) is 24.3 Å². The Balaban J connectivity index is 2.33. The fourth-order valence-electron chi connectivity index (χ4n) is 1.79. The van der Waals surface area contributed by atoms with Crippen LogP contribution in [0.3, 0.4) is 0 Å². The van der Waals surface area contributed by atoms with Crippen molar-refractivity contribution in [1.29, 1.82) is 0 Å². The highest BCUT2D eigenvalue weighted by atomic mass is 16.5. The van der Waals surface area contributed by atoms with Gasteiger partial charge in [0.1, 0.15) is 0 Å². The second-order valence-corrected chi connectivity index (χ2v) is 4.82. The minimum absolute atomic E-state index is 0.200. The van der Waals surface area contributed by atoms with Crippen molar-refractivity contribution in [2.75, 3.05) is 13.2 Å². The van der Waals surface area contributed by atoms with Gasteiger partial charge in [-0.1, -0.05) is 38.1 Å². The molecule has 18 heavy (non-hydrogen) atoms. The number of hydrogen-bond donors (Lipinski definition) is 1. The van der Waals surface area contributed by atoms with E-state index in [9.17, 15) is 4.79 Å². The van der Waals surface area contributed by atoms with Crippen LogP contribution >= 0.6 is 0 Å². The normalized spacial score (nSPS) is 10.7. The van der Waals surface area contributed by atoms with Gasteiger partial charge in [-0.3, -0.25) is 4.79 Å². The van der Waals surface area contributed by atoms with Crippen LogP contribution in [0.2, 0.25) is 0 Å². The molecule has 0 aliphatic heterocycles. The molecular weight excluding hydrogens is 226 g/mol. The minimum Gasteiger partial charge on any atom is -0.465 e. The van der Waals surface area contributed by atoms with Crippen molar-refractivity contribution in [2.24, 2.45) is 5.92 Å². The molecule has 3 heteroatoms. The van der Waals surface area contributed by atoms with Crippen LogP contribution < -0.4 is 5.32 Å². The van der Waals surface area contributed by atoms with E-state index in [2.05, 4.69) is 43.4 Å². The molecule has 1 aromatic rings. The highest BCUT2D eigenvalue weighted by Gasteiger charge is 2.01. The zero-order valence-corrected chi connectivity index (χ0v) is 11.5. The van der Waals surface area contributed by atoms with Crippen molar-refractivity contribution in [3.63, 3.8) is 0 Å². The highest BCUT2D eigenvalue weighted by Crippen LogP contribution is 2.09. The van der Waals surface area contributed by atoms with Crippen LogP contribution in [0.4, 0.5) is 0 Å². The van der Waals surface area contributed by atoms with Gasteiger partial charge in [0, 0.05) is 6.54 Å². The van der Waals surface area contributed by atoms with Crippen molar-refractivity contribution in [2.45, 2.75) is 33.7 Å². The van der Waals surface area contributed by atoms with Gasteiger partial charge in [-0.25, -0.2) is 0 Å². The Morgan fingerprint density at radius 1 is 1.22 bits per heavy atom. The molecule has 0 aliphatic rings. The molecule has 0 radical (unpaired) electrons. The van der Waals surface area contributed by atoms with Crippen molar-refractivity contribution in [1.82, 2.24) is 5.32 Å². The molecule has 0 saturated carbocycles. The second kappa shape index (κ2) is 7.88. The second-order valence-electron chi connectivity index (χ2n) is 4.82. The molecule has 0 heterocycles. The van der Waals surface area contributed by atoms with Gasteiger partial charge in [-0.15, -0.1) is 0 Å². The van der Waals surface area contributed by atoms with Gasteiger partial charge in [0.2, 0.25) is 0 Å². The monoisotopic (exact) mass is 249 g/mol. The van der Waals surface area contributed by atoms with Gasteiger partial charge in [0.15, 0.2) is 0 Å². The first kappa shape index (κ1) is 14.7. The Kier molecular flexibility index (Phi) is 6.44. The van der Waals surface area contributed by atoms with E-state index >= 15 is 0 Å². The molecule has 0 saturated heterocycles. The summed E-state index contributed by atoms with van der Waals surface area (Å²) in [6.45, 7) is 7.64. The number of benzene rings is 1. The summed E-state index contributed by atoms with van der Waals surface area (Å²) in [7, 11) is 0. The van der Waals surface area contributed by atoms with Crippen molar-refractivity contribution >= 4 is 5.97 Å². The van der Waals surface area contributed by atoms with Crippen LogP contribution in [0.1, 0.15) is 31.9 Å². The summed E-state index contributed by atoms with van der Waals surface area (Å²) in [5.74, 6) is 0.478. The van der Waals surface area contributed by atoms with Gasteiger partial charge in [0.25, 0.3) is 0 Å². The van der Waals surface area contributed by atoms with E-state index in [-0.39, 0.29) is 12.5 Å². The molecule has 3 nitrogen and oxygen atoms in total. The standard InChI is InChI=1S/C15H23NO2/c1-4-18-15(17)11-16-10-14-7-5-13(6-8-14)9-12(2)3/h5-8,12,16H,4,9-11H2,1-3H3. The topological polar surface area (TPSA) is 38.3 Å². The molecule has 0 aliphatic carbocycles. The predicted molar refractivity (Wildman–Crippen MR) is 73.3 cm³/mol. The van der Waals surface area contributed by atoms with E-state index in [1.807, 2.05) is 6.92 Å².